The van der Waals surface area contributed by atoms with Gasteiger partial charge in [0.1, 0.15) is 0 Å². The van der Waals surface area contributed by atoms with Crippen LogP contribution in [0.5, 0.6) is 0 Å². The lowest BCUT2D eigenvalue weighted by Gasteiger charge is -2.12. The van der Waals surface area contributed by atoms with Crippen LogP contribution in [0.25, 0.3) is 11.0 Å². The van der Waals surface area contributed by atoms with E-state index < -0.39 is 0 Å². The zero-order valence-corrected chi connectivity index (χ0v) is 11.1. The lowest BCUT2D eigenvalue weighted by atomic mass is 10.2. The number of rotatable bonds is 2. The molecular formula is C12H15BrN4. The summed E-state index contributed by atoms with van der Waals surface area (Å²) in [6.45, 7) is 2.02. The third kappa shape index (κ3) is 2.05. The molecule has 2 heterocycles. The smallest absolute Gasteiger partial charge is 0.201 e. The van der Waals surface area contributed by atoms with Crippen molar-refractivity contribution in [2.24, 2.45) is 0 Å². The van der Waals surface area contributed by atoms with Gasteiger partial charge in [-0.2, -0.15) is 0 Å². The molecule has 0 bridgehead atoms. The molecule has 3 N–H and O–H groups in total. The van der Waals surface area contributed by atoms with Crippen LogP contribution in [-0.4, -0.2) is 22.1 Å². The molecule has 1 aromatic heterocycles. The molecule has 5 heteroatoms. The van der Waals surface area contributed by atoms with E-state index in [0.717, 1.165) is 28.6 Å². The van der Waals surface area contributed by atoms with E-state index in [0.29, 0.717) is 12.0 Å². The Kier molecular flexibility index (Phi) is 2.80. The average Bonchev–Trinajstić information content (AvgIpc) is 2.88. The second kappa shape index (κ2) is 4.31. The molecule has 0 amide bonds. The zero-order valence-electron chi connectivity index (χ0n) is 9.49. The summed E-state index contributed by atoms with van der Waals surface area (Å²) in [6.07, 6.45) is 2.47. The molecule has 90 valence electrons. The summed E-state index contributed by atoms with van der Waals surface area (Å²) >= 11 is 3.45. The van der Waals surface area contributed by atoms with E-state index in [1.54, 1.807) is 0 Å². The maximum absolute atomic E-state index is 5.99. The normalized spacial score (nSPS) is 20.2. The fourth-order valence-electron chi connectivity index (χ4n) is 2.45. The van der Waals surface area contributed by atoms with E-state index in [2.05, 4.69) is 36.9 Å². The minimum atomic E-state index is 0.526. The number of hydrogen-bond donors (Lipinski definition) is 2. The number of nitrogens with two attached hydrogens (primary N) is 1. The first kappa shape index (κ1) is 11.0. The average molecular weight is 295 g/mol. The number of nitrogen functional groups attached to an aromatic ring is 1. The molecule has 2 aromatic rings. The highest BCUT2D eigenvalue weighted by Gasteiger charge is 2.17. The van der Waals surface area contributed by atoms with Gasteiger partial charge in [0, 0.05) is 17.1 Å². The van der Waals surface area contributed by atoms with Gasteiger partial charge in [0.25, 0.3) is 0 Å². The second-order valence-electron chi connectivity index (χ2n) is 4.51. The quantitative estimate of drug-likeness (QED) is 0.892. The van der Waals surface area contributed by atoms with Crippen molar-refractivity contribution in [2.45, 2.75) is 25.4 Å². The van der Waals surface area contributed by atoms with Gasteiger partial charge in [-0.15, -0.1) is 0 Å². The van der Waals surface area contributed by atoms with E-state index in [9.17, 15) is 0 Å². The molecule has 0 radical (unpaired) electrons. The molecule has 17 heavy (non-hydrogen) atoms. The maximum Gasteiger partial charge on any atom is 0.201 e. The number of aromatic nitrogens is 2. The topological polar surface area (TPSA) is 55.9 Å². The molecule has 1 aromatic carbocycles. The molecule has 1 aliphatic heterocycles. The molecule has 1 atom stereocenters. The Hall–Kier alpha value is -1.07. The first-order valence-electron chi connectivity index (χ1n) is 5.89. The standard InChI is InChI=1S/C12H15BrN4/c13-8-3-4-11-10(6-8)16-12(14)17(11)7-9-2-1-5-15-9/h3-4,6,9,15H,1-2,5,7H2,(H2,14,16). The van der Waals surface area contributed by atoms with Crippen molar-refractivity contribution >= 4 is 32.9 Å². The number of nitrogens with one attached hydrogen (secondary N) is 1. The molecule has 1 aliphatic rings. The first-order chi connectivity index (χ1) is 8.24. The van der Waals surface area contributed by atoms with Crippen LogP contribution < -0.4 is 11.1 Å². The number of anilines is 1. The van der Waals surface area contributed by atoms with Gasteiger partial charge < -0.3 is 15.6 Å². The Morgan fingerprint density at radius 2 is 2.41 bits per heavy atom. The number of imidazole rings is 1. The van der Waals surface area contributed by atoms with Crippen molar-refractivity contribution in [2.75, 3.05) is 12.3 Å². The highest BCUT2D eigenvalue weighted by molar-refractivity contribution is 9.10. The van der Waals surface area contributed by atoms with E-state index in [4.69, 9.17) is 5.73 Å². The Bertz CT molecular complexity index is 543. The number of nitrogens with zero attached hydrogens (tertiary/aromatic N) is 2. The van der Waals surface area contributed by atoms with Crippen LogP contribution in [0.15, 0.2) is 22.7 Å². The Morgan fingerprint density at radius 1 is 1.53 bits per heavy atom. The summed E-state index contributed by atoms with van der Waals surface area (Å²) < 4.78 is 3.14. The summed E-state index contributed by atoms with van der Waals surface area (Å²) in [6, 6.07) is 6.63. The van der Waals surface area contributed by atoms with E-state index in [1.165, 1.54) is 12.8 Å². The van der Waals surface area contributed by atoms with Crippen LogP contribution in [0.1, 0.15) is 12.8 Å². The molecule has 0 aliphatic carbocycles. The van der Waals surface area contributed by atoms with Crippen molar-refractivity contribution in [1.29, 1.82) is 0 Å². The van der Waals surface area contributed by atoms with E-state index in [-0.39, 0.29) is 0 Å². The highest BCUT2D eigenvalue weighted by Crippen LogP contribution is 2.23. The minimum Gasteiger partial charge on any atom is -0.369 e. The summed E-state index contributed by atoms with van der Waals surface area (Å²) in [5.74, 6) is 0.604. The molecule has 1 unspecified atom stereocenters. The van der Waals surface area contributed by atoms with Gasteiger partial charge in [0.2, 0.25) is 5.95 Å². The van der Waals surface area contributed by atoms with Crippen LogP contribution in [0.4, 0.5) is 5.95 Å². The monoisotopic (exact) mass is 294 g/mol. The number of fused-ring (bicyclic) bond motifs is 1. The fraction of sp³-hybridized carbons (Fsp3) is 0.417. The van der Waals surface area contributed by atoms with Crippen LogP contribution >= 0.6 is 15.9 Å². The summed E-state index contributed by atoms with van der Waals surface area (Å²) in [5, 5.41) is 3.48. The van der Waals surface area contributed by atoms with Crippen LogP contribution in [0, 0.1) is 0 Å². The Labute approximate surface area is 108 Å². The number of benzene rings is 1. The second-order valence-corrected chi connectivity index (χ2v) is 5.42. The summed E-state index contributed by atoms with van der Waals surface area (Å²) in [5.41, 5.74) is 8.05. The minimum absolute atomic E-state index is 0.526. The number of hydrogen-bond acceptors (Lipinski definition) is 3. The lowest BCUT2D eigenvalue weighted by Crippen LogP contribution is -2.27. The van der Waals surface area contributed by atoms with Gasteiger partial charge in [-0.3, -0.25) is 0 Å². The van der Waals surface area contributed by atoms with Crippen molar-refractivity contribution in [3.63, 3.8) is 0 Å². The SMILES string of the molecule is Nc1nc2cc(Br)ccc2n1CC1CCCN1. The molecular weight excluding hydrogens is 280 g/mol. The van der Waals surface area contributed by atoms with E-state index >= 15 is 0 Å². The molecule has 3 rings (SSSR count). The largest absolute Gasteiger partial charge is 0.369 e. The van der Waals surface area contributed by atoms with Crippen LogP contribution in [0.3, 0.4) is 0 Å². The Balaban J connectivity index is 1.99. The Morgan fingerprint density at radius 3 is 3.18 bits per heavy atom. The predicted octanol–water partition coefficient (Wildman–Crippen LogP) is 2.13. The lowest BCUT2D eigenvalue weighted by molar-refractivity contribution is 0.521. The van der Waals surface area contributed by atoms with Crippen LogP contribution in [0.2, 0.25) is 0 Å². The molecule has 1 saturated heterocycles. The molecule has 4 nitrogen and oxygen atoms in total. The van der Waals surface area contributed by atoms with Gasteiger partial charge in [0.05, 0.1) is 11.0 Å². The third-order valence-corrected chi connectivity index (χ3v) is 3.80. The zero-order chi connectivity index (χ0) is 11.8. The summed E-state index contributed by atoms with van der Waals surface area (Å²) in [4.78, 5) is 4.40. The van der Waals surface area contributed by atoms with Crippen molar-refractivity contribution in [1.82, 2.24) is 14.9 Å². The van der Waals surface area contributed by atoms with Gasteiger partial charge in [-0.05, 0) is 37.6 Å². The van der Waals surface area contributed by atoms with Crippen LogP contribution in [-0.2, 0) is 6.54 Å². The van der Waals surface area contributed by atoms with Gasteiger partial charge >= 0.3 is 0 Å². The third-order valence-electron chi connectivity index (χ3n) is 3.31. The van der Waals surface area contributed by atoms with Crippen molar-refractivity contribution < 1.29 is 0 Å². The predicted molar refractivity (Wildman–Crippen MR) is 72.9 cm³/mol. The molecule has 0 spiro atoms. The van der Waals surface area contributed by atoms with Gasteiger partial charge in [-0.25, -0.2) is 4.98 Å². The first-order valence-corrected chi connectivity index (χ1v) is 6.68. The number of halogens is 1. The van der Waals surface area contributed by atoms with Gasteiger partial charge in [-0.1, -0.05) is 15.9 Å². The highest BCUT2D eigenvalue weighted by atomic mass is 79.9. The maximum atomic E-state index is 5.99. The molecule has 0 saturated carbocycles. The van der Waals surface area contributed by atoms with Crippen molar-refractivity contribution in [3.05, 3.63) is 22.7 Å². The van der Waals surface area contributed by atoms with Gasteiger partial charge in [0.15, 0.2) is 0 Å². The van der Waals surface area contributed by atoms with E-state index in [1.807, 2.05) is 12.1 Å². The van der Waals surface area contributed by atoms with Crippen molar-refractivity contribution in [3.8, 4) is 0 Å². The fourth-order valence-corrected chi connectivity index (χ4v) is 2.80. The summed E-state index contributed by atoms with van der Waals surface area (Å²) in [7, 11) is 0. The molecule has 1 fully saturated rings.